The van der Waals surface area contributed by atoms with Crippen molar-refractivity contribution in [2.45, 2.75) is 12.8 Å². The number of hydrogen-bond acceptors (Lipinski definition) is 3. The predicted molar refractivity (Wildman–Crippen MR) is 50.1 cm³/mol. The number of rotatable bonds is 1. The molecule has 0 saturated carbocycles. The number of ether oxygens (including phenoxy) is 1. The van der Waals surface area contributed by atoms with E-state index in [9.17, 15) is 0 Å². The Hall–Kier alpha value is -0.995. The normalized spacial score (nSPS) is 14.6. The van der Waals surface area contributed by atoms with Gasteiger partial charge in [-0.25, -0.2) is 0 Å². The molecule has 0 radical (unpaired) electrons. The fourth-order valence-corrected chi connectivity index (χ4v) is 1.66. The van der Waals surface area contributed by atoms with Crippen molar-refractivity contribution in [3.8, 4) is 5.75 Å². The first-order chi connectivity index (χ1) is 6.29. The van der Waals surface area contributed by atoms with Crippen LogP contribution in [-0.2, 0) is 6.42 Å². The van der Waals surface area contributed by atoms with Crippen molar-refractivity contribution in [1.82, 2.24) is 0 Å². The quantitative estimate of drug-likeness (QED) is 0.580. The first-order valence-electron chi connectivity index (χ1n) is 4.40. The van der Waals surface area contributed by atoms with Gasteiger partial charge < -0.3 is 14.8 Å². The van der Waals surface area contributed by atoms with E-state index in [1.807, 2.05) is 6.07 Å². The van der Waals surface area contributed by atoms with Crippen LogP contribution >= 0.6 is 0 Å². The molecule has 1 aliphatic rings. The summed E-state index contributed by atoms with van der Waals surface area (Å²) in [5.74, 6) is 0.789. The highest BCUT2D eigenvalue weighted by molar-refractivity contribution is 6.59. The summed E-state index contributed by atoms with van der Waals surface area (Å²) < 4.78 is 5.39. The lowest BCUT2D eigenvalue weighted by molar-refractivity contribution is 0.288. The Balaban J connectivity index is 2.46. The fraction of sp³-hybridized carbons (Fsp3) is 0.333. The molecule has 3 nitrogen and oxygen atoms in total. The molecular weight excluding hydrogens is 167 g/mol. The molecule has 0 bridgehead atoms. The van der Waals surface area contributed by atoms with E-state index in [0.717, 1.165) is 30.8 Å². The summed E-state index contributed by atoms with van der Waals surface area (Å²) in [6.07, 6.45) is 1.81. The molecule has 0 saturated heterocycles. The lowest BCUT2D eigenvalue weighted by Crippen LogP contribution is -2.34. The van der Waals surface area contributed by atoms with Crippen molar-refractivity contribution in [3.63, 3.8) is 0 Å². The minimum Gasteiger partial charge on any atom is -0.493 e. The maximum Gasteiger partial charge on any atom is 0.488 e. The van der Waals surface area contributed by atoms with E-state index in [2.05, 4.69) is 0 Å². The van der Waals surface area contributed by atoms with E-state index in [4.69, 9.17) is 14.8 Å². The molecule has 0 aliphatic carbocycles. The third-order valence-corrected chi connectivity index (χ3v) is 2.28. The highest BCUT2D eigenvalue weighted by Gasteiger charge is 2.20. The fourth-order valence-electron chi connectivity index (χ4n) is 1.66. The van der Waals surface area contributed by atoms with Crippen molar-refractivity contribution < 1.29 is 14.8 Å². The van der Waals surface area contributed by atoms with Gasteiger partial charge in [-0.2, -0.15) is 0 Å². The summed E-state index contributed by atoms with van der Waals surface area (Å²) in [5, 5.41) is 18.2. The van der Waals surface area contributed by atoms with Crippen molar-refractivity contribution in [2.24, 2.45) is 0 Å². The van der Waals surface area contributed by atoms with E-state index in [-0.39, 0.29) is 0 Å². The van der Waals surface area contributed by atoms with E-state index in [0.29, 0.717) is 5.46 Å². The van der Waals surface area contributed by atoms with Gasteiger partial charge in [-0.15, -0.1) is 0 Å². The Morgan fingerprint density at radius 2 is 2.15 bits per heavy atom. The van der Waals surface area contributed by atoms with Gasteiger partial charge in [0.25, 0.3) is 0 Å². The third-order valence-electron chi connectivity index (χ3n) is 2.28. The molecular formula is C9H11BO3. The Bertz CT molecular complexity index is 312. The molecule has 0 spiro atoms. The summed E-state index contributed by atoms with van der Waals surface area (Å²) in [4.78, 5) is 0. The topological polar surface area (TPSA) is 49.7 Å². The van der Waals surface area contributed by atoms with Crippen LogP contribution in [0.25, 0.3) is 0 Å². The average Bonchev–Trinajstić information content (AvgIpc) is 2.17. The van der Waals surface area contributed by atoms with Crippen LogP contribution in [0, 0.1) is 0 Å². The van der Waals surface area contributed by atoms with Crippen molar-refractivity contribution in [3.05, 3.63) is 23.8 Å². The molecule has 1 heterocycles. The maximum atomic E-state index is 9.08. The summed E-state index contributed by atoms with van der Waals surface area (Å²) in [6, 6.07) is 5.36. The van der Waals surface area contributed by atoms with E-state index >= 15 is 0 Å². The van der Waals surface area contributed by atoms with Crippen molar-refractivity contribution >= 4 is 12.6 Å². The van der Waals surface area contributed by atoms with Crippen LogP contribution in [-0.4, -0.2) is 23.8 Å². The van der Waals surface area contributed by atoms with Gasteiger partial charge in [0.15, 0.2) is 0 Å². The SMILES string of the molecule is OB(O)c1cccc2c1CCCO2. The molecule has 1 aromatic carbocycles. The summed E-state index contributed by atoms with van der Waals surface area (Å²) in [5.41, 5.74) is 1.50. The van der Waals surface area contributed by atoms with Crippen molar-refractivity contribution in [2.75, 3.05) is 6.61 Å². The van der Waals surface area contributed by atoms with Crippen LogP contribution in [0.5, 0.6) is 5.75 Å². The molecule has 0 unspecified atom stereocenters. The molecule has 13 heavy (non-hydrogen) atoms. The second-order valence-electron chi connectivity index (χ2n) is 3.15. The van der Waals surface area contributed by atoms with Gasteiger partial charge in [0.1, 0.15) is 5.75 Å². The van der Waals surface area contributed by atoms with Crippen LogP contribution in [0.3, 0.4) is 0 Å². The highest BCUT2D eigenvalue weighted by Crippen LogP contribution is 2.22. The minimum atomic E-state index is -1.39. The number of hydrogen-bond donors (Lipinski definition) is 2. The number of benzene rings is 1. The van der Waals surface area contributed by atoms with Gasteiger partial charge in [-0.05, 0) is 29.9 Å². The van der Waals surface area contributed by atoms with Gasteiger partial charge in [0.2, 0.25) is 0 Å². The van der Waals surface area contributed by atoms with Crippen LogP contribution in [0.4, 0.5) is 0 Å². The van der Waals surface area contributed by atoms with E-state index in [1.165, 1.54) is 0 Å². The molecule has 4 heteroatoms. The lowest BCUT2D eigenvalue weighted by atomic mass is 9.75. The van der Waals surface area contributed by atoms with Gasteiger partial charge in [0, 0.05) is 0 Å². The molecule has 68 valence electrons. The Morgan fingerprint density at radius 1 is 1.31 bits per heavy atom. The zero-order chi connectivity index (χ0) is 9.26. The van der Waals surface area contributed by atoms with E-state index in [1.54, 1.807) is 12.1 Å². The molecule has 2 rings (SSSR count). The van der Waals surface area contributed by atoms with Crippen LogP contribution < -0.4 is 10.2 Å². The zero-order valence-corrected chi connectivity index (χ0v) is 7.23. The summed E-state index contributed by atoms with van der Waals surface area (Å²) in [7, 11) is -1.39. The molecule has 0 aromatic heterocycles. The summed E-state index contributed by atoms with van der Waals surface area (Å²) in [6.45, 7) is 0.720. The Labute approximate surface area is 77.1 Å². The maximum absolute atomic E-state index is 9.08. The first-order valence-corrected chi connectivity index (χ1v) is 4.40. The zero-order valence-electron chi connectivity index (χ0n) is 7.23. The molecule has 0 fully saturated rings. The molecule has 1 aromatic rings. The second kappa shape index (κ2) is 3.40. The summed E-state index contributed by atoms with van der Waals surface area (Å²) >= 11 is 0. The monoisotopic (exact) mass is 178 g/mol. The van der Waals surface area contributed by atoms with Crippen molar-refractivity contribution in [1.29, 1.82) is 0 Å². The second-order valence-corrected chi connectivity index (χ2v) is 3.15. The van der Waals surface area contributed by atoms with Gasteiger partial charge >= 0.3 is 7.12 Å². The number of fused-ring (bicyclic) bond motifs is 1. The van der Waals surface area contributed by atoms with Crippen LogP contribution in [0.2, 0.25) is 0 Å². The first kappa shape index (κ1) is 8.60. The minimum absolute atomic E-state index is 0.567. The Kier molecular flexibility index (Phi) is 2.25. The average molecular weight is 178 g/mol. The smallest absolute Gasteiger partial charge is 0.488 e. The van der Waals surface area contributed by atoms with Crippen LogP contribution in [0.15, 0.2) is 18.2 Å². The molecule has 0 atom stereocenters. The third kappa shape index (κ3) is 1.55. The standard InChI is InChI=1S/C9H11BO3/c11-10(12)8-4-1-5-9-7(8)3-2-6-13-9/h1,4-5,11-12H,2-3,6H2. The lowest BCUT2D eigenvalue weighted by Gasteiger charge is -2.19. The van der Waals surface area contributed by atoms with Gasteiger partial charge in [-0.3, -0.25) is 0 Å². The molecule has 2 N–H and O–H groups in total. The highest BCUT2D eigenvalue weighted by atomic mass is 16.5. The van der Waals surface area contributed by atoms with Crippen LogP contribution in [0.1, 0.15) is 12.0 Å². The molecule has 0 amide bonds. The predicted octanol–water partition coefficient (Wildman–Crippen LogP) is -0.309. The largest absolute Gasteiger partial charge is 0.493 e. The van der Waals surface area contributed by atoms with Gasteiger partial charge in [0.05, 0.1) is 6.61 Å². The molecule has 1 aliphatic heterocycles. The Morgan fingerprint density at radius 3 is 2.92 bits per heavy atom. The van der Waals surface area contributed by atoms with E-state index < -0.39 is 7.12 Å². The van der Waals surface area contributed by atoms with Gasteiger partial charge in [-0.1, -0.05) is 12.1 Å².